The molecule has 0 saturated heterocycles. The molecule has 0 aliphatic heterocycles. The fraction of sp³-hybridized carbons (Fsp3) is 1.00. The Morgan fingerprint density at radius 2 is 1.86 bits per heavy atom. The summed E-state index contributed by atoms with van der Waals surface area (Å²) in [7, 11) is 1.99. The minimum absolute atomic E-state index is 0.335. The number of likely N-dealkylation sites (N-methyl/N-ethyl adjacent to an activating group) is 1. The third-order valence-electron chi connectivity index (χ3n) is 3.48. The topological polar surface area (TPSA) is 21.3 Å². The number of hydrogen-bond acceptors (Lipinski definition) is 2. The minimum atomic E-state index is 0.335. The Hall–Kier alpha value is -0.0800. The molecule has 1 fully saturated rings. The van der Waals surface area contributed by atoms with E-state index in [1.54, 1.807) is 0 Å². The van der Waals surface area contributed by atoms with E-state index in [4.69, 9.17) is 4.74 Å². The minimum Gasteiger partial charge on any atom is -0.377 e. The van der Waals surface area contributed by atoms with Crippen LogP contribution in [0.5, 0.6) is 0 Å². The zero-order valence-corrected chi connectivity index (χ0v) is 9.88. The first-order valence-electron chi connectivity index (χ1n) is 6.03. The first-order valence-corrected chi connectivity index (χ1v) is 6.03. The van der Waals surface area contributed by atoms with Gasteiger partial charge in [0.15, 0.2) is 0 Å². The molecule has 1 aliphatic rings. The summed E-state index contributed by atoms with van der Waals surface area (Å²) in [4.78, 5) is 0. The normalized spacial score (nSPS) is 23.4. The van der Waals surface area contributed by atoms with Crippen LogP contribution in [0.15, 0.2) is 0 Å². The van der Waals surface area contributed by atoms with E-state index in [0.717, 1.165) is 12.5 Å². The summed E-state index contributed by atoms with van der Waals surface area (Å²) in [5.41, 5.74) is 0. The van der Waals surface area contributed by atoms with Crippen molar-refractivity contribution in [3.05, 3.63) is 0 Å². The molecule has 0 aromatic carbocycles. The van der Waals surface area contributed by atoms with E-state index >= 15 is 0 Å². The molecule has 0 amide bonds. The quantitative estimate of drug-likeness (QED) is 0.735. The maximum Gasteiger partial charge on any atom is 0.0697 e. The van der Waals surface area contributed by atoms with Gasteiger partial charge >= 0.3 is 0 Å². The lowest BCUT2D eigenvalue weighted by Gasteiger charge is -2.25. The van der Waals surface area contributed by atoms with Crippen molar-refractivity contribution in [1.82, 2.24) is 5.32 Å². The predicted octanol–water partition coefficient (Wildman–Crippen LogP) is 2.58. The van der Waals surface area contributed by atoms with Crippen molar-refractivity contribution in [2.24, 2.45) is 5.92 Å². The Kier molecular flexibility index (Phi) is 5.49. The Morgan fingerprint density at radius 1 is 1.21 bits per heavy atom. The smallest absolute Gasteiger partial charge is 0.0697 e. The lowest BCUT2D eigenvalue weighted by Crippen LogP contribution is -2.35. The molecule has 1 aliphatic carbocycles. The van der Waals surface area contributed by atoms with Crippen molar-refractivity contribution in [3.8, 4) is 0 Å². The van der Waals surface area contributed by atoms with Gasteiger partial charge in [-0.1, -0.05) is 19.3 Å². The third-order valence-corrected chi connectivity index (χ3v) is 3.48. The highest BCUT2D eigenvalue weighted by Gasteiger charge is 2.16. The number of ether oxygens (including phenoxy) is 1. The van der Waals surface area contributed by atoms with Gasteiger partial charge in [0.2, 0.25) is 0 Å². The summed E-state index contributed by atoms with van der Waals surface area (Å²) in [6.45, 7) is 5.29. The summed E-state index contributed by atoms with van der Waals surface area (Å²) in [6, 6.07) is 0.457. The molecule has 0 aromatic rings. The summed E-state index contributed by atoms with van der Waals surface area (Å²) in [5, 5.41) is 3.23. The molecule has 2 heteroatoms. The molecule has 0 aromatic heterocycles. The van der Waals surface area contributed by atoms with Gasteiger partial charge in [-0.2, -0.15) is 0 Å². The van der Waals surface area contributed by atoms with Gasteiger partial charge in [-0.05, 0) is 39.7 Å². The predicted molar refractivity (Wildman–Crippen MR) is 60.5 cm³/mol. The molecule has 1 saturated carbocycles. The van der Waals surface area contributed by atoms with E-state index in [1.807, 2.05) is 7.05 Å². The average molecular weight is 199 g/mol. The molecule has 0 bridgehead atoms. The standard InChI is InChI=1S/C12H25NO/c1-10(13-3)11(2)14-9-12-7-5-4-6-8-12/h10-13H,4-9H2,1-3H3. The van der Waals surface area contributed by atoms with Crippen molar-refractivity contribution in [1.29, 1.82) is 0 Å². The largest absolute Gasteiger partial charge is 0.377 e. The van der Waals surface area contributed by atoms with Crippen LogP contribution in [0.1, 0.15) is 46.0 Å². The van der Waals surface area contributed by atoms with Gasteiger partial charge < -0.3 is 10.1 Å². The Balaban J connectivity index is 2.12. The van der Waals surface area contributed by atoms with Crippen molar-refractivity contribution < 1.29 is 4.74 Å². The van der Waals surface area contributed by atoms with Crippen LogP contribution < -0.4 is 5.32 Å². The van der Waals surface area contributed by atoms with Gasteiger partial charge in [0.1, 0.15) is 0 Å². The molecule has 1 rings (SSSR count). The van der Waals surface area contributed by atoms with E-state index in [0.29, 0.717) is 12.1 Å². The molecule has 84 valence electrons. The summed E-state index contributed by atoms with van der Waals surface area (Å²) in [5.74, 6) is 0.829. The fourth-order valence-corrected chi connectivity index (χ4v) is 2.02. The van der Waals surface area contributed by atoms with Crippen LogP contribution in [-0.4, -0.2) is 25.8 Å². The van der Waals surface area contributed by atoms with E-state index in [-0.39, 0.29) is 0 Å². The summed E-state index contributed by atoms with van der Waals surface area (Å²) < 4.78 is 5.87. The highest BCUT2D eigenvalue weighted by Crippen LogP contribution is 2.24. The van der Waals surface area contributed by atoms with Gasteiger partial charge in [-0.3, -0.25) is 0 Å². The molecule has 0 spiro atoms. The molecule has 14 heavy (non-hydrogen) atoms. The Labute approximate surface area is 88.4 Å². The van der Waals surface area contributed by atoms with Crippen molar-refractivity contribution in [3.63, 3.8) is 0 Å². The van der Waals surface area contributed by atoms with Crippen LogP contribution in [0.25, 0.3) is 0 Å². The molecule has 0 heterocycles. The first kappa shape index (κ1) is 12.0. The van der Waals surface area contributed by atoms with Crippen molar-refractivity contribution in [2.45, 2.75) is 58.1 Å². The fourth-order valence-electron chi connectivity index (χ4n) is 2.02. The van der Waals surface area contributed by atoms with Crippen LogP contribution in [-0.2, 0) is 4.74 Å². The van der Waals surface area contributed by atoms with E-state index in [9.17, 15) is 0 Å². The van der Waals surface area contributed by atoms with Crippen LogP contribution >= 0.6 is 0 Å². The van der Waals surface area contributed by atoms with Crippen LogP contribution in [0.3, 0.4) is 0 Å². The maximum atomic E-state index is 5.87. The van der Waals surface area contributed by atoms with Gasteiger partial charge in [0, 0.05) is 12.6 Å². The highest BCUT2D eigenvalue weighted by molar-refractivity contribution is 4.69. The van der Waals surface area contributed by atoms with Crippen LogP contribution in [0.4, 0.5) is 0 Å². The molecular weight excluding hydrogens is 174 g/mol. The SMILES string of the molecule is CNC(C)C(C)OCC1CCCCC1. The molecule has 1 N–H and O–H groups in total. The van der Waals surface area contributed by atoms with Gasteiger partial charge in [0.25, 0.3) is 0 Å². The summed E-state index contributed by atoms with van der Waals surface area (Å²) in [6.07, 6.45) is 7.33. The lowest BCUT2D eigenvalue weighted by molar-refractivity contribution is 0.0148. The second kappa shape index (κ2) is 6.41. The third kappa shape index (κ3) is 3.97. The first-order chi connectivity index (χ1) is 6.74. The zero-order valence-electron chi connectivity index (χ0n) is 9.88. The maximum absolute atomic E-state index is 5.87. The molecule has 2 nitrogen and oxygen atoms in total. The Morgan fingerprint density at radius 3 is 2.43 bits per heavy atom. The molecule has 2 atom stereocenters. The summed E-state index contributed by atoms with van der Waals surface area (Å²) >= 11 is 0. The van der Waals surface area contributed by atoms with E-state index in [1.165, 1.54) is 32.1 Å². The zero-order chi connectivity index (χ0) is 10.4. The molecular formula is C12H25NO. The number of rotatable bonds is 5. The average Bonchev–Trinajstić information content (AvgIpc) is 2.26. The second-order valence-corrected chi connectivity index (χ2v) is 4.62. The van der Waals surface area contributed by atoms with Crippen LogP contribution in [0.2, 0.25) is 0 Å². The lowest BCUT2D eigenvalue weighted by atomic mass is 9.90. The van der Waals surface area contributed by atoms with Gasteiger partial charge in [-0.15, -0.1) is 0 Å². The molecule has 2 unspecified atom stereocenters. The van der Waals surface area contributed by atoms with Gasteiger partial charge in [0.05, 0.1) is 6.10 Å². The number of nitrogens with one attached hydrogen (secondary N) is 1. The van der Waals surface area contributed by atoms with E-state index < -0.39 is 0 Å². The van der Waals surface area contributed by atoms with Crippen molar-refractivity contribution >= 4 is 0 Å². The Bertz CT molecular complexity index is 141. The monoisotopic (exact) mass is 199 g/mol. The molecule has 0 radical (unpaired) electrons. The highest BCUT2D eigenvalue weighted by atomic mass is 16.5. The van der Waals surface area contributed by atoms with E-state index in [2.05, 4.69) is 19.2 Å². The van der Waals surface area contributed by atoms with Gasteiger partial charge in [-0.25, -0.2) is 0 Å². The van der Waals surface area contributed by atoms with Crippen molar-refractivity contribution in [2.75, 3.05) is 13.7 Å². The number of hydrogen-bond donors (Lipinski definition) is 1. The van der Waals surface area contributed by atoms with Crippen LogP contribution in [0, 0.1) is 5.92 Å². The second-order valence-electron chi connectivity index (χ2n) is 4.62.